The zero-order chi connectivity index (χ0) is 16.7. The lowest BCUT2D eigenvalue weighted by Crippen LogP contribution is -2.35. The van der Waals surface area contributed by atoms with Crippen LogP contribution in [0.25, 0.3) is 0 Å². The standard InChI is InChI=1S/C16H20ClNO5/c1-11-7-12(17)4-5-14(11)22-10-16(20)23-9-15(19)18-8-13-3-2-6-21-13/h4-5,7,13H,2-3,6,8-10H2,1H3,(H,18,19)/t13-/m0/s1. The SMILES string of the molecule is Cc1cc(Cl)ccc1OCC(=O)OCC(=O)NC[C@@H]1CCCO1. The van der Waals surface area contributed by atoms with E-state index < -0.39 is 5.97 Å². The monoisotopic (exact) mass is 341 g/mol. The molecule has 1 saturated heterocycles. The van der Waals surface area contributed by atoms with Crippen LogP contribution in [0, 0.1) is 6.92 Å². The maximum absolute atomic E-state index is 11.6. The summed E-state index contributed by atoms with van der Waals surface area (Å²) in [6.45, 7) is 2.41. The molecule has 126 valence electrons. The molecule has 1 aromatic rings. The minimum Gasteiger partial charge on any atom is -0.482 e. The van der Waals surface area contributed by atoms with Gasteiger partial charge in [0.25, 0.3) is 5.91 Å². The van der Waals surface area contributed by atoms with Gasteiger partial charge in [-0.2, -0.15) is 0 Å². The minimum atomic E-state index is -0.605. The summed E-state index contributed by atoms with van der Waals surface area (Å²) in [4.78, 5) is 23.2. The first-order chi connectivity index (χ1) is 11.0. The Balaban J connectivity index is 1.63. The number of esters is 1. The van der Waals surface area contributed by atoms with E-state index in [0.717, 1.165) is 25.0 Å². The van der Waals surface area contributed by atoms with Crippen molar-refractivity contribution in [2.24, 2.45) is 0 Å². The second-order valence-electron chi connectivity index (χ2n) is 5.30. The Labute approximate surface area is 140 Å². The lowest BCUT2D eigenvalue weighted by atomic mass is 10.2. The number of rotatable bonds is 7. The summed E-state index contributed by atoms with van der Waals surface area (Å²) >= 11 is 5.84. The highest BCUT2D eigenvalue weighted by atomic mass is 35.5. The van der Waals surface area contributed by atoms with Crippen molar-refractivity contribution < 1.29 is 23.8 Å². The van der Waals surface area contributed by atoms with Crippen LogP contribution in [0.1, 0.15) is 18.4 Å². The van der Waals surface area contributed by atoms with Crippen molar-refractivity contribution in [1.29, 1.82) is 0 Å². The third-order valence-electron chi connectivity index (χ3n) is 3.40. The van der Waals surface area contributed by atoms with Gasteiger partial charge in [-0.25, -0.2) is 4.79 Å². The van der Waals surface area contributed by atoms with Gasteiger partial charge in [0, 0.05) is 18.2 Å². The number of ether oxygens (including phenoxy) is 3. The van der Waals surface area contributed by atoms with Crippen LogP contribution in [0.5, 0.6) is 5.75 Å². The molecule has 23 heavy (non-hydrogen) atoms. The summed E-state index contributed by atoms with van der Waals surface area (Å²) in [6.07, 6.45) is 2.01. The van der Waals surface area contributed by atoms with Crippen molar-refractivity contribution in [3.05, 3.63) is 28.8 Å². The van der Waals surface area contributed by atoms with Crippen LogP contribution >= 0.6 is 11.6 Å². The molecule has 1 fully saturated rings. The molecular formula is C16H20ClNO5. The lowest BCUT2D eigenvalue weighted by molar-refractivity contribution is -0.150. The van der Waals surface area contributed by atoms with E-state index in [4.69, 9.17) is 25.8 Å². The first-order valence-electron chi connectivity index (χ1n) is 7.47. The number of hydrogen-bond acceptors (Lipinski definition) is 5. The molecule has 1 amide bonds. The predicted octanol–water partition coefficient (Wildman–Crippen LogP) is 1.87. The number of nitrogens with one attached hydrogen (secondary N) is 1. The van der Waals surface area contributed by atoms with Crippen molar-refractivity contribution in [2.75, 3.05) is 26.4 Å². The van der Waals surface area contributed by atoms with E-state index in [1.54, 1.807) is 18.2 Å². The van der Waals surface area contributed by atoms with Gasteiger partial charge in [0.2, 0.25) is 0 Å². The number of amides is 1. The predicted molar refractivity (Wildman–Crippen MR) is 84.6 cm³/mol. The molecule has 1 atom stereocenters. The number of aryl methyl sites for hydroxylation is 1. The Kier molecular flexibility index (Phi) is 6.67. The molecule has 1 aromatic carbocycles. The lowest BCUT2D eigenvalue weighted by Gasteiger charge is -2.11. The number of halogens is 1. The van der Waals surface area contributed by atoms with Crippen molar-refractivity contribution in [3.63, 3.8) is 0 Å². The Morgan fingerprint density at radius 3 is 2.91 bits per heavy atom. The quantitative estimate of drug-likeness (QED) is 0.766. The molecule has 2 rings (SSSR count). The summed E-state index contributed by atoms with van der Waals surface area (Å²) in [7, 11) is 0. The van der Waals surface area contributed by atoms with Crippen molar-refractivity contribution in [2.45, 2.75) is 25.9 Å². The third kappa shape index (κ3) is 6.08. The Morgan fingerprint density at radius 2 is 2.22 bits per heavy atom. The molecule has 0 spiro atoms. The highest BCUT2D eigenvalue weighted by Gasteiger charge is 2.16. The van der Waals surface area contributed by atoms with E-state index in [0.29, 0.717) is 17.3 Å². The summed E-state index contributed by atoms with van der Waals surface area (Å²) in [6, 6.07) is 5.09. The van der Waals surface area contributed by atoms with E-state index in [-0.39, 0.29) is 25.2 Å². The number of carbonyl (C=O) groups excluding carboxylic acids is 2. The second-order valence-corrected chi connectivity index (χ2v) is 5.73. The molecule has 0 unspecified atom stereocenters. The fraction of sp³-hybridized carbons (Fsp3) is 0.500. The molecule has 1 heterocycles. The van der Waals surface area contributed by atoms with Crippen LogP contribution in [0.15, 0.2) is 18.2 Å². The van der Waals surface area contributed by atoms with E-state index in [1.165, 1.54) is 0 Å². The second kappa shape index (κ2) is 8.74. The highest BCUT2D eigenvalue weighted by Crippen LogP contribution is 2.21. The molecule has 7 heteroatoms. The summed E-state index contributed by atoms with van der Waals surface area (Å²) in [5.41, 5.74) is 0.819. The van der Waals surface area contributed by atoms with Gasteiger partial charge in [-0.05, 0) is 43.5 Å². The van der Waals surface area contributed by atoms with Gasteiger partial charge in [-0.15, -0.1) is 0 Å². The molecule has 0 radical (unpaired) electrons. The summed E-state index contributed by atoms with van der Waals surface area (Å²) in [5.74, 6) is -0.405. The molecule has 0 saturated carbocycles. The molecule has 0 bridgehead atoms. The fourth-order valence-corrected chi connectivity index (χ4v) is 2.41. The maximum atomic E-state index is 11.6. The van der Waals surface area contributed by atoms with E-state index >= 15 is 0 Å². The molecule has 6 nitrogen and oxygen atoms in total. The van der Waals surface area contributed by atoms with Gasteiger partial charge in [0.05, 0.1) is 6.10 Å². The van der Waals surface area contributed by atoms with Crippen LogP contribution in [0.3, 0.4) is 0 Å². The van der Waals surface area contributed by atoms with Gasteiger partial charge < -0.3 is 19.5 Å². The van der Waals surface area contributed by atoms with Gasteiger partial charge in [-0.1, -0.05) is 11.6 Å². The molecule has 0 aliphatic carbocycles. The van der Waals surface area contributed by atoms with Gasteiger partial charge >= 0.3 is 5.97 Å². The zero-order valence-corrected chi connectivity index (χ0v) is 13.7. The molecule has 0 aromatic heterocycles. The zero-order valence-electron chi connectivity index (χ0n) is 13.0. The van der Waals surface area contributed by atoms with Gasteiger partial charge in [0.1, 0.15) is 5.75 Å². The topological polar surface area (TPSA) is 73.9 Å². The average molecular weight is 342 g/mol. The Morgan fingerprint density at radius 1 is 1.39 bits per heavy atom. The number of carbonyl (C=O) groups is 2. The normalized spacial score (nSPS) is 16.9. The fourth-order valence-electron chi connectivity index (χ4n) is 2.18. The number of benzene rings is 1. The number of hydrogen-bond donors (Lipinski definition) is 1. The molecule has 1 N–H and O–H groups in total. The van der Waals surface area contributed by atoms with Crippen LogP contribution in [-0.2, 0) is 19.1 Å². The Hall–Kier alpha value is -1.79. The highest BCUT2D eigenvalue weighted by molar-refractivity contribution is 6.30. The van der Waals surface area contributed by atoms with Crippen molar-refractivity contribution in [1.82, 2.24) is 5.32 Å². The van der Waals surface area contributed by atoms with Crippen LogP contribution < -0.4 is 10.1 Å². The van der Waals surface area contributed by atoms with Crippen LogP contribution in [0.4, 0.5) is 0 Å². The smallest absolute Gasteiger partial charge is 0.344 e. The third-order valence-corrected chi connectivity index (χ3v) is 3.63. The van der Waals surface area contributed by atoms with Crippen LogP contribution in [0.2, 0.25) is 5.02 Å². The van der Waals surface area contributed by atoms with Crippen molar-refractivity contribution >= 4 is 23.5 Å². The first kappa shape index (κ1) is 17.6. The largest absolute Gasteiger partial charge is 0.482 e. The first-order valence-corrected chi connectivity index (χ1v) is 7.85. The van der Waals surface area contributed by atoms with Crippen molar-refractivity contribution in [3.8, 4) is 5.75 Å². The van der Waals surface area contributed by atoms with Gasteiger partial charge in [0.15, 0.2) is 13.2 Å². The summed E-state index contributed by atoms with van der Waals surface area (Å²) < 4.78 is 15.6. The maximum Gasteiger partial charge on any atom is 0.344 e. The molecule has 1 aliphatic rings. The summed E-state index contributed by atoms with van der Waals surface area (Å²) in [5, 5.41) is 3.27. The molecular weight excluding hydrogens is 322 g/mol. The Bertz CT molecular complexity index is 557. The van der Waals surface area contributed by atoms with E-state index in [9.17, 15) is 9.59 Å². The minimum absolute atomic E-state index is 0.0610. The van der Waals surface area contributed by atoms with Gasteiger partial charge in [-0.3, -0.25) is 4.79 Å². The van der Waals surface area contributed by atoms with Crippen LogP contribution in [-0.4, -0.2) is 44.3 Å². The van der Waals surface area contributed by atoms with E-state index in [2.05, 4.69) is 5.32 Å². The molecule has 1 aliphatic heterocycles. The van der Waals surface area contributed by atoms with E-state index in [1.807, 2.05) is 6.92 Å². The average Bonchev–Trinajstić information content (AvgIpc) is 3.03.